The van der Waals surface area contributed by atoms with Gasteiger partial charge in [0.15, 0.2) is 0 Å². The van der Waals surface area contributed by atoms with Gasteiger partial charge in [0, 0.05) is 5.92 Å². The normalized spacial score (nSPS) is 29.5. The minimum atomic E-state index is 0.517. The van der Waals surface area contributed by atoms with Crippen molar-refractivity contribution in [1.29, 1.82) is 0 Å². The van der Waals surface area contributed by atoms with Crippen LogP contribution in [0.3, 0.4) is 0 Å². The van der Waals surface area contributed by atoms with Crippen LogP contribution in [0.25, 0.3) is 0 Å². The zero-order chi connectivity index (χ0) is 11.3. The molecule has 86 valence electrons. The molecule has 0 saturated heterocycles. The molecule has 1 aliphatic carbocycles. The quantitative estimate of drug-likeness (QED) is 0.393. The summed E-state index contributed by atoms with van der Waals surface area (Å²) in [4.78, 5) is 5.22. The molecule has 1 rings (SSSR count). The largest absolute Gasteiger partial charge is 0.392 e. The van der Waals surface area contributed by atoms with Gasteiger partial charge in [-0.25, -0.2) is 0 Å². The molecule has 1 fully saturated rings. The van der Waals surface area contributed by atoms with E-state index >= 15 is 0 Å². The van der Waals surface area contributed by atoms with E-state index in [-0.39, 0.29) is 0 Å². The molecule has 0 aromatic rings. The number of hydrogen-bond acceptors (Lipinski definition) is 2. The summed E-state index contributed by atoms with van der Waals surface area (Å²) in [5.74, 6) is 2.04. The Kier molecular flexibility index (Phi) is 4.86. The highest BCUT2D eigenvalue weighted by molar-refractivity contribution is 5.87. The molecule has 0 spiro atoms. The van der Waals surface area contributed by atoms with Crippen LogP contribution in [0.15, 0.2) is 17.8 Å². The molecule has 0 amide bonds. The zero-order valence-corrected chi connectivity index (χ0v) is 10.2. The average molecular weight is 209 g/mol. The molecule has 0 aromatic heterocycles. The molecule has 2 heteroatoms. The van der Waals surface area contributed by atoms with Crippen molar-refractivity contribution in [2.24, 2.45) is 22.9 Å². The monoisotopic (exact) mass is 209 g/mol. The Morgan fingerprint density at radius 1 is 1.53 bits per heavy atom. The van der Waals surface area contributed by atoms with Gasteiger partial charge in [0.1, 0.15) is 6.61 Å². The van der Waals surface area contributed by atoms with Gasteiger partial charge in [0.2, 0.25) is 0 Å². The average Bonchev–Trinajstić information content (AvgIpc) is 2.18. The molecule has 0 bridgehead atoms. The van der Waals surface area contributed by atoms with Crippen LogP contribution in [0.2, 0.25) is 0 Å². The van der Waals surface area contributed by atoms with E-state index in [2.05, 4.69) is 32.5 Å². The van der Waals surface area contributed by atoms with Crippen molar-refractivity contribution in [3.8, 4) is 0 Å². The van der Waals surface area contributed by atoms with Crippen molar-refractivity contribution < 1.29 is 4.84 Å². The van der Waals surface area contributed by atoms with Crippen LogP contribution in [0.4, 0.5) is 0 Å². The first-order chi connectivity index (χ1) is 7.15. The van der Waals surface area contributed by atoms with Crippen molar-refractivity contribution in [2.45, 2.75) is 40.0 Å². The maximum Gasteiger partial charge on any atom is 0.135 e. The molecule has 0 N–H and O–H groups in total. The maximum atomic E-state index is 5.22. The number of nitrogens with zero attached hydrogens (tertiary/aromatic N) is 1. The highest BCUT2D eigenvalue weighted by atomic mass is 16.6. The van der Waals surface area contributed by atoms with Crippen LogP contribution in [0.5, 0.6) is 0 Å². The fourth-order valence-electron chi connectivity index (χ4n) is 2.24. The predicted molar refractivity (Wildman–Crippen MR) is 64.9 cm³/mol. The smallest absolute Gasteiger partial charge is 0.135 e. The third-order valence-corrected chi connectivity index (χ3v) is 3.14. The molecule has 0 radical (unpaired) electrons. The van der Waals surface area contributed by atoms with Crippen molar-refractivity contribution in [2.75, 3.05) is 6.61 Å². The topological polar surface area (TPSA) is 21.6 Å². The van der Waals surface area contributed by atoms with E-state index in [1.807, 2.05) is 0 Å². The Morgan fingerprint density at radius 3 is 2.87 bits per heavy atom. The fraction of sp³-hybridized carbons (Fsp3) is 0.769. The van der Waals surface area contributed by atoms with Gasteiger partial charge in [-0.3, -0.25) is 0 Å². The van der Waals surface area contributed by atoms with E-state index in [1.165, 1.54) is 18.6 Å². The lowest BCUT2D eigenvalue weighted by molar-refractivity contribution is 0.167. The lowest BCUT2D eigenvalue weighted by Gasteiger charge is -2.30. The van der Waals surface area contributed by atoms with E-state index in [9.17, 15) is 0 Å². The second kappa shape index (κ2) is 5.94. The maximum absolute atomic E-state index is 5.22. The molecular formula is C13H23NO. The second-order valence-electron chi connectivity index (χ2n) is 4.90. The Bertz CT molecular complexity index is 233. The first-order valence-electron chi connectivity index (χ1n) is 5.94. The predicted octanol–water partition coefficient (Wildman–Crippen LogP) is 3.64. The summed E-state index contributed by atoms with van der Waals surface area (Å²) in [6.07, 6.45) is 5.42. The van der Waals surface area contributed by atoms with Gasteiger partial charge in [-0.2, -0.15) is 0 Å². The van der Waals surface area contributed by atoms with Crippen molar-refractivity contribution >= 4 is 5.71 Å². The fourth-order valence-corrected chi connectivity index (χ4v) is 2.24. The third kappa shape index (κ3) is 3.69. The lowest BCUT2D eigenvalue weighted by Crippen LogP contribution is -2.28. The molecule has 0 aromatic carbocycles. The number of hydrogen-bond donors (Lipinski definition) is 0. The summed E-state index contributed by atoms with van der Waals surface area (Å²) in [5.41, 5.74) is 1.26. The molecule has 0 aliphatic heterocycles. The van der Waals surface area contributed by atoms with E-state index < -0.39 is 0 Å². The van der Waals surface area contributed by atoms with Crippen molar-refractivity contribution in [3.63, 3.8) is 0 Å². The van der Waals surface area contributed by atoms with Crippen LogP contribution < -0.4 is 0 Å². The van der Waals surface area contributed by atoms with Crippen molar-refractivity contribution in [1.82, 2.24) is 0 Å². The van der Waals surface area contributed by atoms with E-state index in [4.69, 9.17) is 4.84 Å². The lowest BCUT2D eigenvalue weighted by atomic mass is 9.76. The Balaban J connectivity index is 2.61. The molecule has 2 atom stereocenters. The number of oxime groups is 1. The summed E-state index contributed by atoms with van der Waals surface area (Å²) in [6, 6.07) is 0. The van der Waals surface area contributed by atoms with Gasteiger partial charge in [-0.05, 0) is 31.1 Å². The van der Waals surface area contributed by atoms with Crippen molar-refractivity contribution in [3.05, 3.63) is 12.7 Å². The molecule has 2 nitrogen and oxygen atoms in total. The molecule has 1 saturated carbocycles. The van der Waals surface area contributed by atoms with Crippen LogP contribution in [-0.4, -0.2) is 12.3 Å². The van der Waals surface area contributed by atoms with Crippen LogP contribution in [-0.2, 0) is 4.84 Å². The van der Waals surface area contributed by atoms with Gasteiger partial charge in [-0.15, -0.1) is 0 Å². The molecular weight excluding hydrogens is 186 g/mol. The first-order valence-corrected chi connectivity index (χ1v) is 5.94. The van der Waals surface area contributed by atoms with E-state index in [0.29, 0.717) is 18.4 Å². The van der Waals surface area contributed by atoms with Crippen LogP contribution in [0, 0.1) is 17.8 Å². The third-order valence-electron chi connectivity index (χ3n) is 3.14. The van der Waals surface area contributed by atoms with E-state index in [1.54, 1.807) is 6.08 Å². The van der Waals surface area contributed by atoms with E-state index in [0.717, 1.165) is 12.3 Å². The van der Waals surface area contributed by atoms with Crippen LogP contribution >= 0.6 is 0 Å². The highest BCUT2D eigenvalue weighted by Crippen LogP contribution is 2.31. The summed E-state index contributed by atoms with van der Waals surface area (Å²) in [5, 5.41) is 4.27. The SMILES string of the molecule is C=CCO/N=C1\C[C@H](C)CC[C@H]1C(C)C. The summed E-state index contributed by atoms with van der Waals surface area (Å²) in [7, 11) is 0. The van der Waals surface area contributed by atoms with Gasteiger partial charge >= 0.3 is 0 Å². The second-order valence-corrected chi connectivity index (χ2v) is 4.90. The Morgan fingerprint density at radius 2 is 2.27 bits per heavy atom. The first kappa shape index (κ1) is 12.3. The highest BCUT2D eigenvalue weighted by Gasteiger charge is 2.27. The number of rotatable bonds is 4. The Hall–Kier alpha value is -0.790. The zero-order valence-electron chi connectivity index (χ0n) is 10.2. The van der Waals surface area contributed by atoms with Gasteiger partial charge < -0.3 is 4.84 Å². The van der Waals surface area contributed by atoms with Gasteiger partial charge in [0.05, 0.1) is 5.71 Å². The minimum Gasteiger partial charge on any atom is -0.392 e. The molecule has 0 unspecified atom stereocenters. The molecule has 15 heavy (non-hydrogen) atoms. The molecule has 1 aliphatic rings. The summed E-state index contributed by atoms with van der Waals surface area (Å²) in [6.45, 7) is 11.0. The summed E-state index contributed by atoms with van der Waals surface area (Å²) < 4.78 is 0. The van der Waals surface area contributed by atoms with Crippen LogP contribution in [0.1, 0.15) is 40.0 Å². The van der Waals surface area contributed by atoms with Gasteiger partial charge in [0.25, 0.3) is 0 Å². The Labute approximate surface area is 93.4 Å². The van der Waals surface area contributed by atoms with Gasteiger partial charge in [-0.1, -0.05) is 38.6 Å². The standard InChI is InChI=1S/C13H23NO/c1-5-8-15-14-13-9-11(4)6-7-12(13)10(2)3/h5,10-12H,1,6-9H2,2-4H3/b14-13+/t11-,12+/m1/s1. The minimum absolute atomic E-state index is 0.517. The molecule has 0 heterocycles. The summed E-state index contributed by atoms with van der Waals surface area (Å²) >= 11 is 0.